The van der Waals surface area contributed by atoms with Gasteiger partial charge in [0, 0.05) is 28.7 Å². The van der Waals surface area contributed by atoms with Crippen LogP contribution in [0.3, 0.4) is 0 Å². The van der Waals surface area contributed by atoms with Crippen LogP contribution in [0.2, 0.25) is 0 Å². The summed E-state index contributed by atoms with van der Waals surface area (Å²) in [5.74, 6) is -1.33. The monoisotopic (exact) mass is 457 g/mol. The summed E-state index contributed by atoms with van der Waals surface area (Å²) in [7, 11) is 0. The molecule has 0 bridgehead atoms. The zero-order valence-corrected chi connectivity index (χ0v) is 18.2. The van der Waals surface area contributed by atoms with Crippen molar-refractivity contribution in [3.8, 4) is 0 Å². The molecule has 4 aromatic rings. The number of imide groups is 2. The molecule has 3 heterocycles. The Balaban J connectivity index is 1.57. The molecule has 0 radical (unpaired) electrons. The molecule has 0 spiro atoms. The van der Waals surface area contributed by atoms with E-state index in [1.54, 1.807) is 24.3 Å². The summed E-state index contributed by atoms with van der Waals surface area (Å²) in [5.41, 5.74) is 3.20. The van der Waals surface area contributed by atoms with Crippen LogP contribution in [0, 0.1) is 12.7 Å². The predicted molar refractivity (Wildman–Crippen MR) is 123 cm³/mol. The lowest BCUT2D eigenvalue weighted by molar-refractivity contribution is -0.130. The second kappa shape index (κ2) is 8.47. The molecule has 0 aliphatic carbocycles. The van der Waals surface area contributed by atoms with Gasteiger partial charge in [0.25, 0.3) is 11.8 Å². The van der Waals surface area contributed by atoms with Crippen molar-refractivity contribution in [2.24, 2.45) is 0 Å². The third kappa shape index (κ3) is 3.79. The number of fused-ring (bicyclic) bond motifs is 1. The molecule has 1 aliphatic heterocycles. The number of carbonyl (C=O) groups is 3. The van der Waals surface area contributed by atoms with Gasteiger partial charge in [-0.05, 0) is 48.9 Å². The number of nitrogens with one attached hydrogen (secondary N) is 1. The minimum absolute atomic E-state index is 0.0897. The number of barbiturate groups is 1. The van der Waals surface area contributed by atoms with E-state index in [0.717, 1.165) is 27.1 Å². The van der Waals surface area contributed by atoms with Crippen molar-refractivity contribution >= 4 is 34.8 Å². The molecular formula is C26H20FN3O4. The van der Waals surface area contributed by atoms with Crippen molar-refractivity contribution in [3.05, 3.63) is 101 Å². The molecular weight excluding hydrogens is 437 g/mol. The van der Waals surface area contributed by atoms with Crippen LogP contribution >= 0.6 is 0 Å². The Bertz CT molecular complexity index is 1450. The van der Waals surface area contributed by atoms with Crippen LogP contribution in [0.4, 0.5) is 9.18 Å². The number of benzene rings is 2. The highest BCUT2D eigenvalue weighted by Gasteiger charge is 2.36. The zero-order valence-electron chi connectivity index (χ0n) is 18.2. The van der Waals surface area contributed by atoms with Gasteiger partial charge in [0.2, 0.25) is 0 Å². The Labute approximate surface area is 194 Å². The third-order valence-corrected chi connectivity index (χ3v) is 5.90. The quantitative estimate of drug-likeness (QED) is 0.356. The van der Waals surface area contributed by atoms with Gasteiger partial charge < -0.3 is 8.98 Å². The van der Waals surface area contributed by atoms with Crippen LogP contribution < -0.4 is 5.32 Å². The van der Waals surface area contributed by atoms with Crippen LogP contribution in [0.15, 0.2) is 76.9 Å². The summed E-state index contributed by atoms with van der Waals surface area (Å²) < 4.78 is 20.7. The van der Waals surface area contributed by atoms with Crippen molar-refractivity contribution < 1.29 is 23.2 Å². The first-order chi connectivity index (χ1) is 16.4. The molecule has 0 atom stereocenters. The van der Waals surface area contributed by atoms with Crippen LogP contribution in [-0.2, 0) is 22.7 Å². The molecule has 0 unspecified atom stereocenters. The maximum atomic E-state index is 13.4. The van der Waals surface area contributed by atoms with Gasteiger partial charge in [0.15, 0.2) is 0 Å². The van der Waals surface area contributed by atoms with Crippen LogP contribution in [0.25, 0.3) is 17.0 Å². The Hall–Kier alpha value is -4.46. The largest absolute Gasteiger partial charge is 0.467 e. The van der Waals surface area contributed by atoms with E-state index in [1.165, 1.54) is 24.5 Å². The van der Waals surface area contributed by atoms with Gasteiger partial charge in [-0.1, -0.05) is 30.3 Å². The Morgan fingerprint density at radius 2 is 1.74 bits per heavy atom. The maximum Gasteiger partial charge on any atom is 0.331 e. The molecule has 2 aromatic carbocycles. The lowest BCUT2D eigenvalue weighted by Crippen LogP contribution is -2.53. The topological polar surface area (TPSA) is 84.6 Å². The first-order valence-electron chi connectivity index (χ1n) is 10.7. The number of aromatic nitrogens is 1. The molecule has 170 valence electrons. The average molecular weight is 457 g/mol. The van der Waals surface area contributed by atoms with Crippen LogP contribution in [0.1, 0.15) is 22.6 Å². The van der Waals surface area contributed by atoms with Crippen molar-refractivity contribution in [2.75, 3.05) is 0 Å². The minimum atomic E-state index is -0.793. The number of para-hydroxylation sites is 1. The van der Waals surface area contributed by atoms with E-state index in [2.05, 4.69) is 5.32 Å². The first-order valence-corrected chi connectivity index (χ1v) is 10.7. The van der Waals surface area contributed by atoms with E-state index in [0.29, 0.717) is 17.9 Å². The highest BCUT2D eigenvalue weighted by atomic mass is 19.1. The molecule has 1 N–H and O–H groups in total. The van der Waals surface area contributed by atoms with E-state index in [-0.39, 0.29) is 17.9 Å². The van der Waals surface area contributed by atoms with Crippen molar-refractivity contribution in [1.82, 2.24) is 14.8 Å². The number of rotatable bonds is 5. The fraction of sp³-hybridized carbons (Fsp3) is 0.115. The van der Waals surface area contributed by atoms with Gasteiger partial charge in [0.05, 0.1) is 12.8 Å². The third-order valence-electron chi connectivity index (χ3n) is 5.90. The van der Waals surface area contributed by atoms with Gasteiger partial charge >= 0.3 is 6.03 Å². The SMILES string of the molecule is Cc1c(/C=C2\C(=O)NC(=O)N(Cc3ccco3)C2=O)c2ccccc2n1Cc1ccc(F)cc1. The second-order valence-corrected chi connectivity index (χ2v) is 8.02. The molecule has 34 heavy (non-hydrogen) atoms. The van der Waals surface area contributed by atoms with Crippen molar-refractivity contribution in [3.63, 3.8) is 0 Å². The number of hydrogen-bond donors (Lipinski definition) is 1. The zero-order chi connectivity index (χ0) is 23.8. The van der Waals surface area contributed by atoms with Crippen LogP contribution in [0.5, 0.6) is 0 Å². The molecule has 0 saturated carbocycles. The van der Waals surface area contributed by atoms with E-state index in [9.17, 15) is 18.8 Å². The van der Waals surface area contributed by atoms with E-state index >= 15 is 0 Å². The molecule has 1 fully saturated rings. The summed E-state index contributed by atoms with van der Waals surface area (Å²) in [6.07, 6.45) is 2.97. The Kier molecular flexibility index (Phi) is 5.33. The van der Waals surface area contributed by atoms with Gasteiger partial charge in [-0.3, -0.25) is 19.8 Å². The number of carbonyl (C=O) groups excluding carboxylic acids is 3. The Morgan fingerprint density at radius 3 is 2.47 bits per heavy atom. The normalized spacial score (nSPS) is 15.4. The van der Waals surface area contributed by atoms with Gasteiger partial charge in [-0.15, -0.1) is 0 Å². The number of halogens is 1. The lowest BCUT2D eigenvalue weighted by Gasteiger charge is -2.25. The summed E-state index contributed by atoms with van der Waals surface area (Å²) in [6, 6.07) is 16.4. The summed E-state index contributed by atoms with van der Waals surface area (Å²) in [4.78, 5) is 39.0. The number of amides is 4. The highest BCUT2D eigenvalue weighted by Crippen LogP contribution is 2.30. The average Bonchev–Trinajstić information content (AvgIpc) is 3.43. The molecule has 5 rings (SSSR count). The van der Waals surface area contributed by atoms with Crippen LogP contribution in [-0.4, -0.2) is 27.3 Å². The molecule has 4 amide bonds. The maximum absolute atomic E-state index is 13.4. The molecule has 1 aliphatic rings. The number of hydrogen-bond acceptors (Lipinski definition) is 4. The highest BCUT2D eigenvalue weighted by molar-refractivity contribution is 6.31. The fourth-order valence-corrected chi connectivity index (χ4v) is 4.16. The molecule has 7 nitrogen and oxygen atoms in total. The Morgan fingerprint density at radius 1 is 0.971 bits per heavy atom. The second-order valence-electron chi connectivity index (χ2n) is 8.02. The standard InChI is InChI=1S/C26H20FN3O4/c1-16-21(13-22-24(31)28-26(33)30(25(22)32)15-19-5-4-12-34-19)20-6-2-3-7-23(20)29(16)14-17-8-10-18(27)11-9-17/h2-13H,14-15H2,1H3,(H,28,31,33)/b22-13+. The van der Waals surface area contributed by atoms with Gasteiger partial charge in [-0.2, -0.15) is 0 Å². The van der Waals surface area contributed by atoms with Crippen molar-refractivity contribution in [1.29, 1.82) is 0 Å². The number of furan rings is 1. The van der Waals surface area contributed by atoms with Gasteiger partial charge in [-0.25, -0.2) is 9.18 Å². The molecule has 2 aromatic heterocycles. The lowest BCUT2D eigenvalue weighted by atomic mass is 10.0. The van der Waals surface area contributed by atoms with Gasteiger partial charge in [0.1, 0.15) is 17.2 Å². The molecule has 8 heteroatoms. The summed E-state index contributed by atoms with van der Waals surface area (Å²) >= 11 is 0. The molecule has 1 saturated heterocycles. The van der Waals surface area contributed by atoms with Crippen molar-refractivity contribution in [2.45, 2.75) is 20.0 Å². The van der Waals surface area contributed by atoms with E-state index in [1.807, 2.05) is 35.8 Å². The number of urea groups is 1. The smallest absolute Gasteiger partial charge is 0.331 e. The minimum Gasteiger partial charge on any atom is -0.467 e. The fourth-order valence-electron chi connectivity index (χ4n) is 4.16. The van der Waals surface area contributed by atoms with E-state index < -0.39 is 17.8 Å². The predicted octanol–water partition coefficient (Wildman–Crippen LogP) is 4.39. The first kappa shape index (κ1) is 21.4. The summed E-state index contributed by atoms with van der Waals surface area (Å²) in [6.45, 7) is 2.29. The summed E-state index contributed by atoms with van der Waals surface area (Å²) in [5, 5.41) is 3.09. The van der Waals surface area contributed by atoms with E-state index in [4.69, 9.17) is 4.42 Å². The number of nitrogens with zero attached hydrogens (tertiary/aromatic N) is 2.